The highest BCUT2D eigenvalue weighted by atomic mass is 16.2. The van der Waals surface area contributed by atoms with Crippen molar-refractivity contribution < 1.29 is 9.59 Å². The molecule has 3 rings (SSSR count). The molecule has 0 spiro atoms. The molecule has 1 N–H and O–H groups in total. The van der Waals surface area contributed by atoms with Crippen molar-refractivity contribution in [1.82, 2.24) is 5.32 Å². The number of carbonyl (C=O) groups excluding carboxylic acids is 2. The molecular formula is C18H18N2O2. The summed E-state index contributed by atoms with van der Waals surface area (Å²) in [5.74, 6) is -0.0635. The molecule has 0 aliphatic carbocycles. The summed E-state index contributed by atoms with van der Waals surface area (Å²) >= 11 is 0. The van der Waals surface area contributed by atoms with E-state index in [1.165, 1.54) is 0 Å². The fourth-order valence-electron chi connectivity index (χ4n) is 2.72. The fourth-order valence-corrected chi connectivity index (χ4v) is 2.72. The molecule has 2 aromatic carbocycles. The summed E-state index contributed by atoms with van der Waals surface area (Å²) in [5, 5.41) is 2.99. The van der Waals surface area contributed by atoms with Gasteiger partial charge in [0.05, 0.1) is 12.5 Å². The molecule has 0 fully saturated rings. The number of anilines is 1. The van der Waals surface area contributed by atoms with Gasteiger partial charge in [0.2, 0.25) is 5.91 Å². The molecule has 0 saturated carbocycles. The van der Waals surface area contributed by atoms with Crippen LogP contribution in [-0.4, -0.2) is 18.9 Å². The van der Waals surface area contributed by atoms with Crippen LogP contribution in [-0.2, 0) is 11.2 Å². The third kappa shape index (κ3) is 2.60. The van der Waals surface area contributed by atoms with Gasteiger partial charge in [-0.2, -0.15) is 0 Å². The number of carbonyl (C=O) groups is 2. The Kier molecular flexibility index (Phi) is 3.67. The number of likely N-dealkylation sites (N-methyl/N-ethyl adjacent to an activating group) is 1. The van der Waals surface area contributed by atoms with Crippen molar-refractivity contribution >= 4 is 17.5 Å². The molecule has 4 heteroatoms. The molecule has 0 bridgehead atoms. The molecule has 0 aromatic heterocycles. The molecule has 1 aliphatic rings. The van der Waals surface area contributed by atoms with Gasteiger partial charge in [0.25, 0.3) is 5.91 Å². The van der Waals surface area contributed by atoms with Crippen LogP contribution in [0.15, 0.2) is 48.5 Å². The Morgan fingerprint density at radius 2 is 1.91 bits per heavy atom. The zero-order valence-corrected chi connectivity index (χ0v) is 12.7. The van der Waals surface area contributed by atoms with Crippen LogP contribution in [0.2, 0.25) is 0 Å². The van der Waals surface area contributed by atoms with Crippen LogP contribution in [0.4, 0.5) is 5.69 Å². The van der Waals surface area contributed by atoms with E-state index < -0.39 is 0 Å². The maximum absolute atomic E-state index is 12.4. The molecular weight excluding hydrogens is 276 g/mol. The molecule has 22 heavy (non-hydrogen) atoms. The zero-order chi connectivity index (χ0) is 15.7. The average Bonchev–Trinajstić information content (AvgIpc) is 2.82. The minimum atomic E-state index is -0.124. The number of nitrogens with zero attached hydrogens (tertiary/aromatic N) is 1. The van der Waals surface area contributed by atoms with Crippen molar-refractivity contribution in [2.45, 2.75) is 19.4 Å². The Labute approximate surface area is 129 Å². The summed E-state index contributed by atoms with van der Waals surface area (Å²) in [5.41, 5.74) is 3.45. The van der Waals surface area contributed by atoms with Gasteiger partial charge < -0.3 is 10.2 Å². The number of rotatable bonds is 3. The first kappa shape index (κ1) is 14.3. The van der Waals surface area contributed by atoms with Gasteiger partial charge in [-0.25, -0.2) is 0 Å². The predicted octanol–water partition coefficient (Wildman–Crippen LogP) is 2.70. The summed E-state index contributed by atoms with van der Waals surface area (Å²) < 4.78 is 0. The molecule has 0 saturated heterocycles. The Morgan fingerprint density at radius 3 is 2.64 bits per heavy atom. The lowest BCUT2D eigenvalue weighted by Gasteiger charge is -2.15. The SMILES string of the molecule is C[C@H](NC(=O)c1ccc2c(c1)CC(=O)N2C)c1ccccc1. The second-order valence-corrected chi connectivity index (χ2v) is 5.58. The molecule has 1 atom stereocenters. The quantitative estimate of drug-likeness (QED) is 0.946. The van der Waals surface area contributed by atoms with Gasteiger partial charge >= 0.3 is 0 Å². The largest absolute Gasteiger partial charge is 0.346 e. The zero-order valence-electron chi connectivity index (χ0n) is 12.7. The Bertz CT molecular complexity index is 725. The number of nitrogens with one attached hydrogen (secondary N) is 1. The summed E-state index contributed by atoms with van der Waals surface area (Å²) in [7, 11) is 1.76. The van der Waals surface area contributed by atoms with E-state index in [1.54, 1.807) is 18.0 Å². The van der Waals surface area contributed by atoms with Gasteiger partial charge in [-0.05, 0) is 36.2 Å². The van der Waals surface area contributed by atoms with E-state index in [1.807, 2.05) is 49.4 Å². The van der Waals surface area contributed by atoms with Crippen molar-refractivity contribution in [3.8, 4) is 0 Å². The van der Waals surface area contributed by atoms with Crippen LogP contribution >= 0.6 is 0 Å². The van der Waals surface area contributed by atoms with E-state index in [2.05, 4.69) is 5.32 Å². The summed E-state index contributed by atoms with van der Waals surface area (Å²) in [6.45, 7) is 1.96. The van der Waals surface area contributed by atoms with E-state index in [0.717, 1.165) is 16.8 Å². The Balaban J connectivity index is 1.77. The minimum Gasteiger partial charge on any atom is -0.346 e. The first-order chi connectivity index (χ1) is 10.6. The Hall–Kier alpha value is -2.62. The van der Waals surface area contributed by atoms with Crippen molar-refractivity contribution in [2.75, 3.05) is 11.9 Å². The topological polar surface area (TPSA) is 49.4 Å². The summed E-state index contributed by atoms with van der Waals surface area (Å²) in [4.78, 5) is 25.7. The van der Waals surface area contributed by atoms with Crippen LogP contribution in [0.3, 0.4) is 0 Å². The average molecular weight is 294 g/mol. The summed E-state index contributed by atoms with van der Waals surface area (Å²) in [6, 6.07) is 15.2. The molecule has 1 heterocycles. The van der Waals surface area contributed by atoms with E-state index in [9.17, 15) is 9.59 Å². The van der Waals surface area contributed by atoms with E-state index in [0.29, 0.717) is 12.0 Å². The maximum Gasteiger partial charge on any atom is 0.251 e. The summed E-state index contributed by atoms with van der Waals surface area (Å²) in [6.07, 6.45) is 0.362. The second kappa shape index (κ2) is 5.64. The van der Waals surface area contributed by atoms with Crippen LogP contribution in [0.1, 0.15) is 34.5 Å². The number of benzene rings is 2. The van der Waals surface area contributed by atoms with E-state index in [-0.39, 0.29) is 17.9 Å². The first-order valence-corrected chi connectivity index (χ1v) is 7.31. The van der Waals surface area contributed by atoms with Crippen LogP contribution < -0.4 is 10.2 Å². The second-order valence-electron chi connectivity index (χ2n) is 5.58. The van der Waals surface area contributed by atoms with Crippen molar-refractivity contribution in [3.63, 3.8) is 0 Å². The highest BCUT2D eigenvalue weighted by Crippen LogP contribution is 2.28. The maximum atomic E-state index is 12.4. The third-order valence-electron chi connectivity index (χ3n) is 4.07. The number of hydrogen-bond donors (Lipinski definition) is 1. The lowest BCUT2D eigenvalue weighted by Crippen LogP contribution is -2.26. The molecule has 2 amide bonds. The smallest absolute Gasteiger partial charge is 0.251 e. The number of hydrogen-bond acceptors (Lipinski definition) is 2. The van der Waals surface area contributed by atoms with Gasteiger partial charge in [-0.1, -0.05) is 30.3 Å². The Morgan fingerprint density at radius 1 is 1.18 bits per heavy atom. The molecule has 0 radical (unpaired) electrons. The standard InChI is InChI=1S/C18H18N2O2/c1-12(13-6-4-3-5-7-13)19-18(22)14-8-9-16-15(10-14)11-17(21)20(16)2/h3-10,12H,11H2,1-2H3,(H,19,22)/t12-/m0/s1. The lowest BCUT2D eigenvalue weighted by molar-refractivity contribution is -0.117. The number of fused-ring (bicyclic) bond motifs is 1. The lowest BCUT2D eigenvalue weighted by atomic mass is 10.1. The normalized spacial score (nSPS) is 14.6. The van der Waals surface area contributed by atoms with Gasteiger partial charge in [-0.15, -0.1) is 0 Å². The van der Waals surface area contributed by atoms with Gasteiger partial charge in [0.15, 0.2) is 0 Å². The highest BCUT2D eigenvalue weighted by molar-refractivity contribution is 6.03. The third-order valence-corrected chi connectivity index (χ3v) is 4.07. The van der Waals surface area contributed by atoms with Gasteiger partial charge in [0.1, 0.15) is 0 Å². The predicted molar refractivity (Wildman–Crippen MR) is 85.9 cm³/mol. The molecule has 0 unspecified atom stereocenters. The molecule has 2 aromatic rings. The van der Waals surface area contributed by atoms with Crippen molar-refractivity contribution in [3.05, 3.63) is 65.2 Å². The fraction of sp³-hybridized carbons (Fsp3) is 0.222. The minimum absolute atomic E-state index is 0.0604. The van der Waals surface area contributed by atoms with E-state index >= 15 is 0 Å². The number of amides is 2. The van der Waals surface area contributed by atoms with E-state index in [4.69, 9.17) is 0 Å². The highest BCUT2D eigenvalue weighted by Gasteiger charge is 2.25. The van der Waals surface area contributed by atoms with Crippen molar-refractivity contribution in [2.24, 2.45) is 0 Å². The van der Waals surface area contributed by atoms with Crippen LogP contribution in [0, 0.1) is 0 Å². The molecule has 112 valence electrons. The van der Waals surface area contributed by atoms with Crippen LogP contribution in [0.5, 0.6) is 0 Å². The van der Waals surface area contributed by atoms with Crippen LogP contribution in [0.25, 0.3) is 0 Å². The van der Waals surface area contributed by atoms with Crippen molar-refractivity contribution in [1.29, 1.82) is 0 Å². The van der Waals surface area contributed by atoms with Gasteiger partial charge in [-0.3, -0.25) is 9.59 Å². The van der Waals surface area contributed by atoms with Gasteiger partial charge in [0, 0.05) is 18.3 Å². The molecule has 4 nitrogen and oxygen atoms in total. The molecule has 1 aliphatic heterocycles. The monoisotopic (exact) mass is 294 g/mol. The first-order valence-electron chi connectivity index (χ1n) is 7.31.